The molecule has 0 N–H and O–H groups in total. The first-order chi connectivity index (χ1) is 8.67. The summed E-state index contributed by atoms with van der Waals surface area (Å²) in [6.45, 7) is 7.08. The third-order valence-corrected chi connectivity index (χ3v) is 10.1. The largest absolute Gasteiger partial charge is 0.0981 e. The van der Waals surface area contributed by atoms with Crippen LogP contribution < -0.4 is 0 Å². The van der Waals surface area contributed by atoms with Gasteiger partial charge in [0.25, 0.3) is 0 Å². The Hall–Kier alpha value is -0.343. The molecule has 2 heteroatoms. The number of rotatable bonds is 7. The second-order valence-electron chi connectivity index (χ2n) is 4.96. The smallest absolute Gasteiger partial charge is 0.0766 e. The van der Waals surface area contributed by atoms with E-state index in [0.717, 1.165) is 12.8 Å². The molecule has 18 heavy (non-hydrogen) atoms. The zero-order valence-corrected chi connectivity index (χ0v) is 14.5. The van der Waals surface area contributed by atoms with E-state index in [2.05, 4.69) is 72.7 Å². The molecule has 1 aromatic carbocycles. The maximum absolute atomic E-state index is 3.61. The molecule has 0 aliphatic rings. The summed E-state index contributed by atoms with van der Waals surface area (Å²) in [4.78, 5) is 0. The molecule has 0 saturated heterocycles. The first-order valence-electron chi connectivity index (χ1n) is 7.08. The quantitative estimate of drug-likeness (QED) is 0.541. The van der Waals surface area contributed by atoms with E-state index in [1.807, 2.05) is 0 Å². The van der Waals surface area contributed by atoms with Crippen molar-refractivity contribution in [1.29, 1.82) is 0 Å². The Labute approximate surface area is 122 Å². The standard InChI is InChI=1S/C16H25BrSi/c1-4-18(5-2,6-3)14-10-9-12-15-11-7-8-13-16(15)17/h7-8,10-11,13-14H,4-6,9,12H2,1-3H3/b14-10-. The maximum atomic E-state index is 3.61. The van der Waals surface area contributed by atoms with E-state index in [0.29, 0.717) is 0 Å². The molecule has 0 amide bonds. The highest BCUT2D eigenvalue weighted by atomic mass is 79.9. The Kier molecular flexibility index (Phi) is 6.94. The van der Waals surface area contributed by atoms with Gasteiger partial charge in [-0.25, -0.2) is 0 Å². The number of aryl methyl sites for hydroxylation is 1. The Morgan fingerprint density at radius 2 is 1.67 bits per heavy atom. The van der Waals surface area contributed by atoms with Crippen LogP contribution in [0.25, 0.3) is 0 Å². The van der Waals surface area contributed by atoms with Gasteiger partial charge < -0.3 is 0 Å². The summed E-state index contributed by atoms with van der Waals surface area (Å²) in [6.07, 6.45) is 4.74. The number of hydrogen-bond acceptors (Lipinski definition) is 0. The van der Waals surface area contributed by atoms with Crippen LogP contribution in [0.1, 0.15) is 32.8 Å². The van der Waals surface area contributed by atoms with Crippen molar-refractivity contribution in [3.8, 4) is 0 Å². The Bertz CT molecular complexity index is 372. The maximum Gasteiger partial charge on any atom is 0.0766 e. The van der Waals surface area contributed by atoms with Gasteiger partial charge in [0.15, 0.2) is 0 Å². The van der Waals surface area contributed by atoms with Gasteiger partial charge in [-0.15, -0.1) is 0 Å². The predicted molar refractivity (Wildman–Crippen MR) is 88.8 cm³/mol. The van der Waals surface area contributed by atoms with Crippen LogP contribution in [0.15, 0.2) is 40.5 Å². The van der Waals surface area contributed by atoms with Crippen LogP contribution in [0.3, 0.4) is 0 Å². The molecule has 100 valence electrons. The van der Waals surface area contributed by atoms with E-state index in [1.165, 1.54) is 28.2 Å². The molecular formula is C16H25BrSi. The van der Waals surface area contributed by atoms with Crippen molar-refractivity contribution in [3.63, 3.8) is 0 Å². The lowest BCUT2D eigenvalue weighted by Gasteiger charge is -2.23. The van der Waals surface area contributed by atoms with Gasteiger partial charge in [0.1, 0.15) is 0 Å². The Morgan fingerprint density at radius 1 is 1.06 bits per heavy atom. The van der Waals surface area contributed by atoms with Gasteiger partial charge in [-0.05, 0) is 24.5 Å². The molecule has 0 aliphatic carbocycles. The average molecular weight is 325 g/mol. The normalized spacial score (nSPS) is 12.2. The fourth-order valence-electron chi connectivity index (χ4n) is 2.38. The molecule has 0 atom stereocenters. The van der Waals surface area contributed by atoms with Gasteiger partial charge in [-0.3, -0.25) is 0 Å². The molecule has 0 aliphatic heterocycles. The Morgan fingerprint density at radius 3 is 2.22 bits per heavy atom. The van der Waals surface area contributed by atoms with Crippen molar-refractivity contribution in [1.82, 2.24) is 0 Å². The average Bonchev–Trinajstić information content (AvgIpc) is 2.42. The zero-order valence-electron chi connectivity index (χ0n) is 11.9. The Balaban J connectivity index is 2.53. The number of halogens is 1. The molecule has 0 fully saturated rings. The number of allylic oxidation sites excluding steroid dienone is 1. The van der Waals surface area contributed by atoms with E-state index in [9.17, 15) is 0 Å². The van der Waals surface area contributed by atoms with Crippen molar-refractivity contribution >= 4 is 24.0 Å². The van der Waals surface area contributed by atoms with E-state index in [1.54, 1.807) is 0 Å². The molecule has 0 bridgehead atoms. The van der Waals surface area contributed by atoms with Gasteiger partial charge in [-0.2, -0.15) is 0 Å². The van der Waals surface area contributed by atoms with Crippen molar-refractivity contribution in [3.05, 3.63) is 46.1 Å². The van der Waals surface area contributed by atoms with Gasteiger partial charge in [-0.1, -0.05) is 84.8 Å². The van der Waals surface area contributed by atoms with Crippen molar-refractivity contribution < 1.29 is 0 Å². The van der Waals surface area contributed by atoms with E-state index in [4.69, 9.17) is 0 Å². The highest BCUT2D eigenvalue weighted by Crippen LogP contribution is 2.22. The topological polar surface area (TPSA) is 0 Å². The second-order valence-corrected chi connectivity index (χ2v) is 11.0. The molecule has 0 aromatic heterocycles. The summed E-state index contributed by atoms with van der Waals surface area (Å²) in [7, 11) is -1.06. The monoisotopic (exact) mass is 324 g/mol. The van der Waals surface area contributed by atoms with Crippen LogP contribution in [0.5, 0.6) is 0 Å². The summed E-state index contributed by atoms with van der Waals surface area (Å²) in [6, 6.07) is 12.7. The summed E-state index contributed by atoms with van der Waals surface area (Å²) < 4.78 is 1.24. The van der Waals surface area contributed by atoms with Crippen molar-refractivity contribution in [2.75, 3.05) is 0 Å². The zero-order chi connectivity index (χ0) is 13.4. The minimum atomic E-state index is -1.06. The lowest BCUT2D eigenvalue weighted by atomic mass is 10.1. The van der Waals surface area contributed by atoms with Crippen LogP contribution in [-0.4, -0.2) is 8.07 Å². The SMILES string of the molecule is CC[Si](/C=C\CCc1ccccc1Br)(CC)CC. The molecule has 0 heterocycles. The van der Waals surface area contributed by atoms with E-state index >= 15 is 0 Å². The second kappa shape index (κ2) is 7.95. The number of hydrogen-bond donors (Lipinski definition) is 0. The predicted octanol–water partition coefficient (Wildman–Crippen LogP) is 5.99. The first kappa shape index (κ1) is 15.7. The first-order valence-corrected chi connectivity index (χ1v) is 10.6. The molecule has 0 radical (unpaired) electrons. The molecule has 0 spiro atoms. The lowest BCUT2D eigenvalue weighted by Crippen LogP contribution is -2.28. The van der Waals surface area contributed by atoms with Gasteiger partial charge in [0.2, 0.25) is 0 Å². The summed E-state index contributed by atoms with van der Waals surface area (Å²) in [5.41, 5.74) is 4.00. The minimum absolute atomic E-state index is 1.06. The molecule has 0 nitrogen and oxygen atoms in total. The fraction of sp³-hybridized carbons (Fsp3) is 0.500. The number of benzene rings is 1. The van der Waals surface area contributed by atoms with Gasteiger partial charge in [0, 0.05) is 4.47 Å². The van der Waals surface area contributed by atoms with Crippen LogP contribution in [-0.2, 0) is 6.42 Å². The third kappa shape index (κ3) is 4.40. The lowest BCUT2D eigenvalue weighted by molar-refractivity contribution is 0.994. The molecule has 0 unspecified atom stereocenters. The third-order valence-electron chi connectivity index (χ3n) is 4.12. The highest BCUT2D eigenvalue weighted by molar-refractivity contribution is 9.10. The van der Waals surface area contributed by atoms with Crippen LogP contribution in [0.2, 0.25) is 18.1 Å². The van der Waals surface area contributed by atoms with E-state index in [-0.39, 0.29) is 0 Å². The molecule has 1 rings (SSSR count). The minimum Gasteiger partial charge on any atom is -0.0981 e. The van der Waals surface area contributed by atoms with Crippen molar-refractivity contribution in [2.45, 2.75) is 51.7 Å². The summed E-state index contributed by atoms with van der Waals surface area (Å²) in [5, 5.41) is 0. The van der Waals surface area contributed by atoms with Crippen LogP contribution >= 0.6 is 15.9 Å². The van der Waals surface area contributed by atoms with Crippen molar-refractivity contribution in [2.24, 2.45) is 0 Å². The molecule has 0 saturated carbocycles. The summed E-state index contributed by atoms with van der Waals surface area (Å²) in [5.74, 6) is 0. The van der Waals surface area contributed by atoms with Crippen LogP contribution in [0, 0.1) is 0 Å². The van der Waals surface area contributed by atoms with Gasteiger partial charge in [0.05, 0.1) is 8.07 Å². The highest BCUT2D eigenvalue weighted by Gasteiger charge is 2.22. The van der Waals surface area contributed by atoms with Gasteiger partial charge >= 0.3 is 0 Å². The van der Waals surface area contributed by atoms with Crippen LogP contribution in [0.4, 0.5) is 0 Å². The molecular weight excluding hydrogens is 300 g/mol. The fourth-order valence-corrected chi connectivity index (χ4v) is 5.73. The van der Waals surface area contributed by atoms with E-state index < -0.39 is 8.07 Å². The summed E-state index contributed by atoms with van der Waals surface area (Å²) >= 11 is 3.61. The molecule has 1 aromatic rings.